The molecule has 0 unspecified atom stereocenters. The fourth-order valence-electron chi connectivity index (χ4n) is 5.05. The Kier molecular flexibility index (Phi) is 5.68. The van der Waals surface area contributed by atoms with E-state index in [0.29, 0.717) is 22.2 Å². The van der Waals surface area contributed by atoms with Crippen molar-refractivity contribution in [2.24, 2.45) is 5.92 Å². The first-order valence-electron chi connectivity index (χ1n) is 12.5. The van der Waals surface area contributed by atoms with Gasteiger partial charge in [-0.3, -0.25) is 9.69 Å². The first-order chi connectivity index (χ1) is 17.5. The standard InChI is InChI=1S/C28H29FN6O/c1-17-15-31-28(36)22-9-6-20(14-23(17)22)25-27(30)33-26(29)24(32-25)19-4-7-21(8-5-19)35-12-10-34(11-13-35)16-18-2-3-18/h4-9,14-15,18H,2-3,10-13,16H2,1H3,(H2,30,33)(H,31,36). The Bertz CT molecular complexity index is 1490. The molecule has 1 aliphatic heterocycles. The number of hydrogen-bond acceptors (Lipinski definition) is 6. The van der Waals surface area contributed by atoms with E-state index in [9.17, 15) is 9.18 Å². The zero-order valence-corrected chi connectivity index (χ0v) is 20.3. The third-order valence-corrected chi connectivity index (χ3v) is 7.35. The van der Waals surface area contributed by atoms with Crippen molar-refractivity contribution in [3.8, 4) is 22.5 Å². The molecular formula is C28H29FN6O. The lowest BCUT2D eigenvalue weighted by Gasteiger charge is -2.36. The molecule has 0 amide bonds. The molecule has 3 N–H and O–H groups in total. The second kappa shape index (κ2) is 9.02. The molecule has 3 heterocycles. The Morgan fingerprint density at radius 1 is 0.972 bits per heavy atom. The third kappa shape index (κ3) is 4.33. The Balaban J connectivity index is 1.27. The van der Waals surface area contributed by atoms with E-state index in [4.69, 9.17) is 5.73 Å². The topological polar surface area (TPSA) is 91.1 Å². The highest BCUT2D eigenvalue weighted by Gasteiger charge is 2.26. The number of aromatic nitrogens is 3. The Morgan fingerprint density at radius 3 is 2.42 bits per heavy atom. The van der Waals surface area contributed by atoms with Gasteiger partial charge in [0.25, 0.3) is 5.56 Å². The molecule has 6 rings (SSSR count). The zero-order valence-electron chi connectivity index (χ0n) is 20.3. The van der Waals surface area contributed by atoms with Crippen molar-refractivity contribution in [1.82, 2.24) is 19.9 Å². The average Bonchev–Trinajstić information content (AvgIpc) is 3.71. The molecule has 4 aromatic rings. The van der Waals surface area contributed by atoms with Crippen LogP contribution in [0.4, 0.5) is 15.9 Å². The van der Waals surface area contributed by atoms with Crippen LogP contribution in [0.5, 0.6) is 0 Å². The molecule has 36 heavy (non-hydrogen) atoms. The number of H-pyrrole nitrogens is 1. The molecule has 0 atom stereocenters. The maximum absolute atomic E-state index is 14.9. The summed E-state index contributed by atoms with van der Waals surface area (Å²) >= 11 is 0. The first kappa shape index (κ1) is 22.7. The lowest BCUT2D eigenvalue weighted by atomic mass is 10.0. The molecule has 184 valence electrons. The molecule has 2 aromatic heterocycles. The minimum Gasteiger partial charge on any atom is -0.382 e. The van der Waals surface area contributed by atoms with Gasteiger partial charge in [0, 0.05) is 61.1 Å². The summed E-state index contributed by atoms with van der Waals surface area (Å²) in [4.78, 5) is 28.4. The summed E-state index contributed by atoms with van der Waals surface area (Å²) in [5.74, 6) is 0.225. The molecule has 0 bridgehead atoms. The Hall–Kier alpha value is -3.78. The van der Waals surface area contributed by atoms with Crippen molar-refractivity contribution >= 4 is 22.3 Å². The number of aromatic amines is 1. The number of halogens is 1. The van der Waals surface area contributed by atoms with Crippen molar-refractivity contribution in [2.45, 2.75) is 19.8 Å². The second-order valence-corrected chi connectivity index (χ2v) is 9.94. The maximum Gasteiger partial charge on any atom is 0.255 e. The van der Waals surface area contributed by atoms with Gasteiger partial charge in [-0.05, 0) is 60.9 Å². The van der Waals surface area contributed by atoms with Gasteiger partial charge in [-0.2, -0.15) is 9.37 Å². The Labute approximate surface area is 208 Å². The van der Waals surface area contributed by atoms with E-state index in [1.54, 1.807) is 18.3 Å². The number of aryl methyl sites for hydroxylation is 1. The van der Waals surface area contributed by atoms with Gasteiger partial charge in [-0.15, -0.1) is 0 Å². The number of nitrogens with zero attached hydrogens (tertiary/aromatic N) is 4. The molecule has 8 heteroatoms. The molecule has 1 saturated heterocycles. The third-order valence-electron chi connectivity index (χ3n) is 7.35. The largest absolute Gasteiger partial charge is 0.382 e. The zero-order chi connectivity index (χ0) is 24.8. The van der Waals surface area contributed by atoms with Gasteiger partial charge in [0.15, 0.2) is 5.82 Å². The monoisotopic (exact) mass is 484 g/mol. The number of fused-ring (bicyclic) bond motifs is 1. The van der Waals surface area contributed by atoms with Crippen LogP contribution in [0.3, 0.4) is 0 Å². The second-order valence-electron chi connectivity index (χ2n) is 9.94. The van der Waals surface area contributed by atoms with Crippen LogP contribution in [-0.4, -0.2) is 52.6 Å². The molecular weight excluding hydrogens is 455 g/mol. The van der Waals surface area contributed by atoms with E-state index >= 15 is 0 Å². The van der Waals surface area contributed by atoms with Crippen LogP contribution in [0, 0.1) is 18.8 Å². The van der Waals surface area contributed by atoms with Crippen LogP contribution in [0.15, 0.2) is 53.5 Å². The summed E-state index contributed by atoms with van der Waals surface area (Å²) in [6, 6.07) is 13.2. The number of hydrogen-bond donors (Lipinski definition) is 2. The summed E-state index contributed by atoms with van der Waals surface area (Å²) < 4.78 is 14.9. The van der Waals surface area contributed by atoms with Gasteiger partial charge in [0.2, 0.25) is 5.95 Å². The molecule has 7 nitrogen and oxygen atoms in total. The lowest BCUT2D eigenvalue weighted by Crippen LogP contribution is -2.47. The Morgan fingerprint density at radius 2 is 1.69 bits per heavy atom. The van der Waals surface area contributed by atoms with Gasteiger partial charge in [0.1, 0.15) is 11.4 Å². The predicted molar refractivity (Wildman–Crippen MR) is 142 cm³/mol. The number of anilines is 2. The predicted octanol–water partition coefficient (Wildman–Crippen LogP) is 4.21. The molecule has 2 aliphatic rings. The maximum atomic E-state index is 14.9. The summed E-state index contributed by atoms with van der Waals surface area (Å²) in [7, 11) is 0. The van der Waals surface area contributed by atoms with E-state index in [1.165, 1.54) is 19.4 Å². The molecule has 1 saturated carbocycles. The van der Waals surface area contributed by atoms with Crippen LogP contribution in [0.25, 0.3) is 33.3 Å². The van der Waals surface area contributed by atoms with Crippen molar-refractivity contribution in [1.29, 1.82) is 0 Å². The number of benzene rings is 2. The SMILES string of the molecule is Cc1c[nH]c(=O)c2ccc(-c3nc(-c4ccc(N5CCN(CC6CC6)CC5)cc4)c(F)nc3N)cc12. The van der Waals surface area contributed by atoms with Crippen molar-refractivity contribution in [2.75, 3.05) is 43.4 Å². The summed E-state index contributed by atoms with van der Waals surface area (Å²) in [6.07, 6.45) is 4.44. The van der Waals surface area contributed by atoms with Gasteiger partial charge in [0.05, 0.1) is 0 Å². The molecule has 0 spiro atoms. The molecule has 2 fully saturated rings. The highest BCUT2D eigenvalue weighted by molar-refractivity contribution is 5.90. The quantitative estimate of drug-likeness (QED) is 0.441. The fraction of sp³-hybridized carbons (Fsp3) is 0.321. The number of pyridine rings is 1. The molecule has 2 aromatic carbocycles. The number of nitrogens with one attached hydrogen (secondary N) is 1. The minimum atomic E-state index is -0.703. The molecule has 0 radical (unpaired) electrons. The van der Waals surface area contributed by atoms with E-state index < -0.39 is 5.95 Å². The van der Waals surface area contributed by atoms with Gasteiger partial charge in [-0.25, -0.2) is 4.98 Å². The number of nitrogen functional groups attached to an aromatic ring is 1. The van der Waals surface area contributed by atoms with Crippen molar-refractivity contribution in [3.05, 3.63) is 70.5 Å². The fourth-order valence-corrected chi connectivity index (χ4v) is 5.05. The van der Waals surface area contributed by atoms with E-state index in [1.807, 2.05) is 37.3 Å². The summed E-state index contributed by atoms with van der Waals surface area (Å²) in [6.45, 7) is 7.31. The highest BCUT2D eigenvalue weighted by atomic mass is 19.1. The van der Waals surface area contributed by atoms with E-state index in [2.05, 4.69) is 24.8 Å². The van der Waals surface area contributed by atoms with Crippen LogP contribution in [0.2, 0.25) is 0 Å². The average molecular weight is 485 g/mol. The highest BCUT2D eigenvalue weighted by Crippen LogP contribution is 2.32. The van der Waals surface area contributed by atoms with E-state index in [0.717, 1.165) is 48.7 Å². The van der Waals surface area contributed by atoms with Crippen molar-refractivity contribution < 1.29 is 4.39 Å². The number of nitrogens with two attached hydrogens (primary N) is 1. The van der Waals surface area contributed by atoms with Gasteiger partial charge in [-0.1, -0.05) is 18.2 Å². The molecule has 1 aliphatic carbocycles. The van der Waals surface area contributed by atoms with Crippen LogP contribution < -0.4 is 16.2 Å². The summed E-state index contributed by atoms with van der Waals surface area (Å²) in [5.41, 5.74) is 9.85. The smallest absolute Gasteiger partial charge is 0.255 e. The van der Waals surface area contributed by atoms with E-state index in [-0.39, 0.29) is 17.1 Å². The number of piperazine rings is 1. The summed E-state index contributed by atoms with van der Waals surface area (Å²) in [5, 5.41) is 1.38. The normalized spacial score (nSPS) is 16.6. The van der Waals surface area contributed by atoms with Gasteiger partial charge < -0.3 is 15.6 Å². The van der Waals surface area contributed by atoms with Crippen LogP contribution >= 0.6 is 0 Å². The minimum absolute atomic E-state index is 0.0128. The lowest BCUT2D eigenvalue weighted by molar-refractivity contribution is 0.248. The van der Waals surface area contributed by atoms with Gasteiger partial charge >= 0.3 is 0 Å². The van der Waals surface area contributed by atoms with Crippen molar-refractivity contribution in [3.63, 3.8) is 0 Å². The van der Waals surface area contributed by atoms with Crippen LogP contribution in [-0.2, 0) is 0 Å². The van der Waals surface area contributed by atoms with Crippen LogP contribution in [0.1, 0.15) is 18.4 Å². The number of rotatable bonds is 5. The first-order valence-corrected chi connectivity index (χ1v) is 12.5.